The van der Waals surface area contributed by atoms with E-state index in [4.69, 9.17) is 5.73 Å². The Kier molecular flexibility index (Phi) is 6.17. The number of hydrogen-bond acceptors (Lipinski definition) is 9. The van der Waals surface area contributed by atoms with Crippen molar-refractivity contribution in [3.8, 4) is 5.75 Å². The first kappa shape index (κ1) is 25.7. The van der Waals surface area contributed by atoms with Crippen molar-refractivity contribution in [2.24, 2.45) is 17.6 Å². The largest absolute Gasteiger partial charge is 0.510 e. The number of benzene rings is 1. The molecule has 3 aliphatic rings. The summed E-state index contributed by atoms with van der Waals surface area (Å²) in [6.07, 6.45) is 2.12. The van der Waals surface area contributed by atoms with E-state index in [0.717, 1.165) is 11.3 Å². The van der Waals surface area contributed by atoms with Gasteiger partial charge < -0.3 is 36.5 Å². The molecule has 11 heteroatoms. The molecule has 0 fully saturated rings. The number of aromatic amines is 1. The highest BCUT2D eigenvalue weighted by atomic mass is 16.3. The van der Waals surface area contributed by atoms with Gasteiger partial charge in [0.25, 0.3) is 5.91 Å². The number of aliphatic hydroxyl groups is 3. The Morgan fingerprint density at radius 2 is 1.92 bits per heavy atom. The molecule has 200 valence electrons. The predicted octanol–water partition coefficient (Wildman–Crippen LogP) is 0.739. The number of hydrogen-bond donors (Lipinski definition) is 7. The number of amides is 1. The van der Waals surface area contributed by atoms with Gasteiger partial charge in [-0.1, -0.05) is 6.07 Å². The van der Waals surface area contributed by atoms with Gasteiger partial charge in [0.05, 0.1) is 11.6 Å². The number of Topliss-reactive ketones (excluding diaryl/α,β-unsaturated/α-hetero) is 2. The number of ketones is 2. The van der Waals surface area contributed by atoms with Crippen LogP contribution in [0, 0.1) is 11.8 Å². The second-order valence-corrected chi connectivity index (χ2v) is 10.4. The maximum Gasteiger partial charge on any atom is 0.255 e. The van der Waals surface area contributed by atoms with Gasteiger partial charge >= 0.3 is 0 Å². The summed E-state index contributed by atoms with van der Waals surface area (Å²) in [5.41, 5.74) is 4.11. The van der Waals surface area contributed by atoms with Gasteiger partial charge in [-0.3, -0.25) is 19.3 Å². The maximum absolute atomic E-state index is 13.7. The van der Waals surface area contributed by atoms with Gasteiger partial charge in [0, 0.05) is 36.5 Å². The van der Waals surface area contributed by atoms with E-state index in [2.05, 4.69) is 10.3 Å². The molecule has 0 bridgehead atoms. The van der Waals surface area contributed by atoms with E-state index in [1.165, 1.54) is 11.0 Å². The van der Waals surface area contributed by atoms with E-state index < -0.39 is 58.0 Å². The van der Waals surface area contributed by atoms with Crippen LogP contribution in [0.3, 0.4) is 0 Å². The number of phenols is 1. The molecule has 2 aromatic rings. The molecule has 0 unspecified atom stereocenters. The minimum absolute atomic E-state index is 0.00459. The van der Waals surface area contributed by atoms with Crippen molar-refractivity contribution < 1.29 is 34.8 Å². The molecule has 11 nitrogen and oxygen atoms in total. The molecule has 0 radical (unpaired) electrons. The molecule has 38 heavy (non-hydrogen) atoms. The smallest absolute Gasteiger partial charge is 0.255 e. The monoisotopic (exact) mass is 522 g/mol. The number of aromatic hydroxyl groups is 1. The molecule has 3 aliphatic carbocycles. The average Bonchev–Trinajstić information content (AvgIpc) is 3.36. The number of primary amides is 1. The number of aromatic nitrogens is 1. The molecule has 0 aliphatic heterocycles. The van der Waals surface area contributed by atoms with Crippen LogP contribution >= 0.6 is 0 Å². The van der Waals surface area contributed by atoms with Crippen LogP contribution in [0.4, 0.5) is 0 Å². The van der Waals surface area contributed by atoms with Gasteiger partial charge in [0.2, 0.25) is 5.78 Å². The van der Waals surface area contributed by atoms with Crippen molar-refractivity contribution >= 4 is 17.5 Å². The van der Waals surface area contributed by atoms with Gasteiger partial charge in [-0.05, 0) is 62.2 Å². The molecule has 4 atom stereocenters. The molecule has 1 aromatic heterocycles. The van der Waals surface area contributed by atoms with Gasteiger partial charge in [0.15, 0.2) is 11.4 Å². The number of nitrogens with one attached hydrogen (secondary N) is 2. The fourth-order valence-electron chi connectivity index (χ4n) is 6.29. The summed E-state index contributed by atoms with van der Waals surface area (Å²) >= 11 is 0. The van der Waals surface area contributed by atoms with Crippen LogP contribution in [0.5, 0.6) is 5.75 Å². The van der Waals surface area contributed by atoms with E-state index in [9.17, 15) is 34.8 Å². The lowest BCUT2D eigenvalue weighted by atomic mass is 9.58. The third-order valence-corrected chi connectivity index (χ3v) is 8.00. The summed E-state index contributed by atoms with van der Waals surface area (Å²) in [7, 11) is 3.19. The van der Waals surface area contributed by atoms with E-state index in [1.54, 1.807) is 20.2 Å². The Bertz CT molecular complexity index is 1410. The number of carbonyl (C=O) groups is 3. The van der Waals surface area contributed by atoms with Crippen molar-refractivity contribution in [1.82, 2.24) is 15.2 Å². The van der Waals surface area contributed by atoms with Crippen LogP contribution in [0.25, 0.3) is 0 Å². The zero-order valence-corrected chi connectivity index (χ0v) is 21.0. The molecule has 1 amide bonds. The van der Waals surface area contributed by atoms with Crippen molar-refractivity contribution in [3.63, 3.8) is 0 Å². The summed E-state index contributed by atoms with van der Waals surface area (Å²) in [5.74, 6) is -6.59. The first-order valence-corrected chi connectivity index (χ1v) is 12.3. The summed E-state index contributed by atoms with van der Waals surface area (Å²) in [4.78, 5) is 43.7. The molecule has 0 spiro atoms. The number of rotatable bonds is 6. The van der Waals surface area contributed by atoms with Crippen LogP contribution in [0.1, 0.15) is 33.6 Å². The molecular weight excluding hydrogens is 492 g/mol. The average molecular weight is 523 g/mol. The first-order chi connectivity index (χ1) is 18.0. The van der Waals surface area contributed by atoms with Crippen molar-refractivity contribution in [2.45, 2.75) is 37.6 Å². The second kappa shape index (κ2) is 9.12. The van der Waals surface area contributed by atoms with E-state index in [-0.39, 0.29) is 29.7 Å². The number of carbonyl (C=O) groups excluding carboxylic acids is 3. The number of nitrogens with zero attached hydrogens (tertiary/aromatic N) is 1. The second-order valence-electron chi connectivity index (χ2n) is 10.4. The maximum atomic E-state index is 13.7. The Balaban J connectivity index is 1.58. The third kappa shape index (κ3) is 3.65. The van der Waals surface area contributed by atoms with E-state index >= 15 is 0 Å². The molecule has 1 aromatic carbocycles. The number of fused-ring (bicyclic) bond motifs is 3. The summed E-state index contributed by atoms with van der Waals surface area (Å²) in [6, 6.07) is 5.94. The van der Waals surface area contributed by atoms with Gasteiger partial charge in [0.1, 0.15) is 22.8 Å². The highest BCUT2D eigenvalue weighted by molar-refractivity contribution is 6.24. The van der Waals surface area contributed by atoms with Crippen LogP contribution in [-0.4, -0.2) is 73.5 Å². The van der Waals surface area contributed by atoms with Crippen LogP contribution in [0.15, 0.2) is 53.1 Å². The molecule has 1 heterocycles. The lowest BCUT2D eigenvalue weighted by Crippen LogP contribution is -2.63. The summed E-state index contributed by atoms with van der Waals surface area (Å²) in [6.45, 7) is 0.964. The number of aliphatic hydroxyl groups excluding tert-OH is 2. The Labute approximate surface area is 218 Å². The first-order valence-electron chi connectivity index (χ1n) is 12.3. The third-order valence-electron chi connectivity index (χ3n) is 8.00. The quantitative estimate of drug-likeness (QED) is 0.268. The fraction of sp³-hybridized carbons (Fsp3) is 0.370. The molecule has 0 saturated carbocycles. The van der Waals surface area contributed by atoms with Crippen LogP contribution in [0.2, 0.25) is 0 Å². The van der Waals surface area contributed by atoms with Gasteiger partial charge in [-0.25, -0.2) is 0 Å². The Hall–Kier alpha value is -3.93. The lowest BCUT2D eigenvalue weighted by Gasteiger charge is -2.50. The Morgan fingerprint density at radius 1 is 1.18 bits per heavy atom. The zero-order chi connectivity index (χ0) is 27.5. The fourth-order valence-corrected chi connectivity index (χ4v) is 6.29. The number of phenolic OH excluding ortho intramolecular Hbond substituents is 1. The van der Waals surface area contributed by atoms with Crippen molar-refractivity contribution in [2.75, 3.05) is 14.1 Å². The van der Waals surface area contributed by atoms with E-state index in [1.807, 2.05) is 18.3 Å². The minimum Gasteiger partial charge on any atom is -0.510 e. The van der Waals surface area contributed by atoms with Crippen LogP contribution < -0.4 is 11.1 Å². The standard InChI is InChI=1S/C27H30N4O7/c1-31(2)21-16-9-13-8-15-12(10-29-11-14-4-3-7-30-14)5-6-17(32)19(15)22(33)18(13)24(35)27(16,38)25(36)20(23(21)34)26(28)37/h3-7,13,16,21,29-30,32,34-35,38H,8-11H2,1-2H3,(H2,28,37)/t13-,16+,21-,27-/m1/s1. The van der Waals surface area contributed by atoms with Gasteiger partial charge in [-0.2, -0.15) is 0 Å². The molecule has 5 rings (SSSR count). The number of nitrogens with two attached hydrogens (primary N) is 1. The van der Waals surface area contributed by atoms with Crippen LogP contribution in [-0.2, 0) is 29.1 Å². The number of H-pyrrole nitrogens is 1. The molecule has 0 saturated heterocycles. The minimum atomic E-state index is -2.64. The highest BCUT2D eigenvalue weighted by Crippen LogP contribution is 2.52. The topological polar surface area (TPSA) is 189 Å². The zero-order valence-electron chi connectivity index (χ0n) is 21.0. The summed E-state index contributed by atoms with van der Waals surface area (Å²) in [5, 5.41) is 47.8. The van der Waals surface area contributed by atoms with Crippen molar-refractivity contribution in [3.05, 3.63) is 75.5 Å². The van der Waals surface area contributed by atoms with E-state index in [0.29, 0.717) is 18.7 Å². The van der Waals surface area contributed by atoms with Gasteiger partial charge in [-0.15, -0.1) is 0 Å². The normalized spacial score (nSPS) is 26.9. The predicted molar refractivity (Wildman–Crippen MR) is 135 cm³/mol. The number of allylic oxidation sites excluding steroid dienone is 1. The SMILES string of the molecule is CN(C)[C@H]1C(O)=C(C(N)=O)C(=O)[C@]2(O)C(O)=C3C(=O)c4c(O)ccc(CNCc5ccc[nH]5)c4C[C@@H]3C[C@@H]12. The summed E-state index contributed by atoms with van der Waals surface area (Å²) < 4.78 is 0. The highest BCUT2D eigenvalue weighted by Gasteiger charge is 2.63. The Morgan fingerprint density at radius 3 is 2.55 bits per heavy atom. The molecular formula is C27H30N4O7. The molecule has 8 N–H and O–H groups in total. The number of likely N-dealkylation sites (N-methyl/N-ethyl adjacent to an activating group) is 1. The lowest BCUT2D eigenvalue weighted by molar-refractivity contribution is -0.148. The van der Waals surface area contributed by atoms with Crippen molar-refractivity contribution in [1.29, 1.82) is 0 Å².